The maximum Gasteiger partial charge on any atom is 0.252 e. The zero-order chi connectivity index (χ0) is 19.6. The van der Waals surface area contributed by atoms with Gasteiger partial charge in [0.15, 0.2) is 0 Å². The normalized spacial score (nSPS) is 16.3. The molecule has 3 aromatic rings. The minimum atomic E-state index is -3.39. The fourth-order valence-corrected chi connectivity index (χ4v) is 5.60. The van der Waals surface area contributed by atoms with E-state index in [1.165, 1.54) is 15.6 Å². The van der Waals surface area contributed by atoms with Gasteiger partial charge >= 0.3 is 0 Å². The van der Waals surface area contributed by atoms with Crippen molar-refractivity contribution in [2.45, 2.75) is 10.8 Å². The summed E-state index contributed by atoms with van der Waals surface area (Å²) in [5.41, 5.74) is 0.850. The Morgan fingerprint density at radius 1 is 1.14 bits per heavy atom. The third kappa shape index (κ3) is 3.95. The molecule has 1 aliphatic rings. The minimum absolute atomic E-state index is 0.391. The first-order valence-corrected chi connectivity index (χ1v) is 11.1. The lowest BCUT2D eigenvalue weighted by atomic mass is 10.2. The fourth-order valence-electron chi connectivity index (χ4n) is 3.03. The summed E-state index contributed by atoms with van der Waals surface area (Å²) in [6.45, 7) is 2.62. The molecule has 148 valence electrons. The summed E-state index contributed by atoms with van der Waals surface area (Å²) in [5.74, 6) is 1.81. The number of methoxy groups -OCH3 is 1. The average Bonchev–Trinajstić information content (AvgIpc) is 3.41. The second-order valence-corrected chi connectivity index (χ2v) is 9.47. The van der Waals surface area contributed by atoms with Gasteiger partial charge in [-0.3, -0.25) is 4.90 Å². The Labute approximate surface area is 167 Å². The van der Waals surface area contributed by atoms with Gasteiger partial charge in [0.2, 0.25) is 11.7 Å². The highest BCUT2D eigenvalue weighted by molar-refractivity contribution is 7.91. The van der Waals surface area contributed by atoms with Gasteiger partial charge in [0.1, 0.15) is 9.96 Å². The number of hydrogen-bond donors (Lipinski definition) is 0. The van der Waals surface area contributed by atoms with Gasteiger partial charge in [-0.25, -0.2) is 8.42 Å². The quantitative estimate of drug-likeness (QED) is 0.605. The summed E-state index contributed by atoms with van der Waals surface area (Å²) in [4.78, 5) is 6.56. The van der Waals surface area contributed by atoms with E-state index in [0.29, 0.717) is 48.6 Å². The van der Waals surface area contributed by atoms with Crippen LogP contribution in [0.2, 0.25) is 0 Å². The lowest BCUT2D eigenvalue weighted by Crippen LogP contribution is -2.48. The van der Waals surface area contributed by atoms with Gasteiger partial charge in [-0.05, 0) is 35.7 Å². The molecule has 0 spiro atoms. The number of aromatic nitrogens is 2. The molecule has 8 nitrogen and oxygen atoms in total. The topological polar surface area (TPSA) is 88.8 Å². The van der Waals surface area contributed by atoms with Crippen LogP contribution in [0.15, 0.2) is 50.5 Å². The number of nitrogens with zero attached hydrogens (tertiary/aromatic N) is 4. The van der Waals surface area contributed by atoms with Gasteiger partial charge in [0, 0.05) is 31.7 Å². The van der Waals surface area contributed by atoms with Crippen LogP contribution in [-0.4, -0.2) is 61.1 Å². The molecule has 1 aromatic carbocycles. The third-order valence-electron chi connectivity index (χ3n) is 4.60. The van der Waals surface area contributed by atoms with Crippen LogP contribution in [0, 0.1) is 0 Å². The zero-order valence-electron chi connectivity index (χ0n) is 15.3. The predicted molar refractivity (Wildman–Crippen MR) is 105 cm³/mol. The molecule has 3 heterocycles. The van der Waals surface area contributed by atoms with Gasteiger partial charge in [-0.1, -0.05) is 11.2 Å². The standard InChI is InChI=1S/C18H20N4O4S2/c1-25-15-6-4-14(5-7-15)18-19-16(26-20-18)13-21-8-10-22(11-9-21)28(23,24)17-3-2-12-27-17/h2-7,12H,8-11,13H2,1H3. The molecule has 1 saturated heterocycles. The van der Waals surface area contributed by atoms with Gasteiger partial charge in [0.25, 0.3) is 10.0 Å². The molecule has 2 aromatic heterocycles. The predicted octanol–water partition coefficient (Wildman–Crippen LogP) is 2.31. The van der Waals surface area contributed by atoms with E-state index in [2.05, 4.69) is 15.0 Å². The lowest BCUT2D eigenvalue weighted by molar-refractivity contribution is 0.163. The fraction of sp³-hybridized carbons (Fsp3) is 0.333. The van der Waals surface area contributed by atoms with Gasteiger partial charge in [0.05, 0.1) is 13.7 Å². The highest BCUT2D eigenvalue weighted by Crippen LogP contribution is 2.23. The molecule has 10 heteroatoms. The van der Waals surface area contributed by atoms with Crippen LogP contribution in [0.4, 0.5) is 0 Å². The van der Waals surface area contributed by atoms with Gasteiger partial charge in [-0.2, -0.15) is 9.29 Å². The summed E-state index contributed by atoms with van der Waals surface area (Å²) in [6.07, 6.45) is 0. The van der Waals surface area contributed by atoms with E-state index in [1.54, 1.807) is 24.6 Å². The number of rotatable bonds is 6. The summed E-state index contributed by atoms with van der Waals surface area (Å²) in [5, 5.41) is 5.81. The van der Waals surface area contributed by atoms with Crippen molar-refractivity contribution in [3.63, 3.8) is 0 Å². The number of hydrogen-bond acceptors (Lipinski definition) is 8. The van der Waals surface area contributed by atoms with Crippen molar-refractivity contribution in [2.75, 3.05) is 33.3 Å². The van der Waals surface area contributed by atoms with E-state index in [4.69, 9.17) is 9.26 Å². The summed E-state index contributed by atoms with van der Waals surface area (Å²) in [6, 6.07) is 10.8. The average molecular weight is 421 g/mol. The van der Waals surface area contributed by atoms with Gasteiger partial charge in [-0.15, -0.1) is 11.3 Å². The van der Waals surface area contributed by atoms with Crippen molar-refractivity contribution in [1.29, 1.82) is 0 Å². The van der Waals surface area contributed by atoms with Crippen LogP contribution in [0.25, 0.3) is 11.4 Å². The Morgan fingerprint density at radius 3 is 2.54 bits per heavy atom. The van der Waals surface area contributed by atoms with E-state index in [0.717, 1.165) is 11.3 Å². The lowest BCUT2D eigenvalue weighted by Gasteiger charge is -2.32. The summed E-state index contributed by atoms with van der Waals surface area (Å²) >= 11 is 1.25. The highest BCUT2D eigenvalue weighted by Gasteiger charge is 2.29. The molecule has 0 bridgehead atoms. The van der Waals surface area contributed by atoms with E-state index >= 15 is 0 Å². The van der Waals surface area contributed by atoms with E-state index in [-0.39, 0.29) is 0 Å². The van der Waals surface area contributed by atoms with E-state index in [9.17, 15) is 8.42 Å². The number of sulfonamides is 1. The van der Waals surface area contributed by atoms with Crippen molar-refractivity contribution in [1.82, 2.24) is 19.3 Å². The number of ether oxygens (including phenoxy) is 1. The summed E-state index contributed by atoms with van der Waals surface area (Å²) in [7, 11) is -1.77. The molecule has 0 aliphatic carbocycles. The largest absolute Gasteiger partial charge is 0.497 e. The smallest absolute Gasteiger partial charge is 0.252 e. The van der Waals surface area contributed by atoms with Crippen molar-refractivity contribution >= 4 is 21.4 Å². The van der Waals surface area contributed by atoms with Crippen molar-refractivity contribution in [3.8, 4) is 17.1 Å². The van der Waals surface area contributed by atoms with Crippen LogP contribution in [0.5, 0.6) is 5.75 Å². The number of thiophene rings is 1. The second-order valence-electron chi connectivity index (χ2n) is 6.35. The maximum atomic E-state index is 12.6. The number of benzene rings is 1. The Morgan fingerprint density at radius 2 is 1.89 bits per heavy atom. The zero-order valence-corrected chi connectivity index (χ0v) is 16.9. The monoisotopic (exact) mass is 420 g/mol. The molecule has 0 radical (unpaired) electrons. The first-order chi connectivity index (χ1) is 13.6. The molecule has 4 rings (SSSR count). The first-order valence-electron chi connectivity index (χ1n) is 8.79. The molecule has 0 atom stereocenters. The molecule has 0 N–H and O–H groups in total. The van der Waals surface area contributed by atoms with E-state index in [1.807, 2.05) is 24.3 Å². The number of piperazine rings is 1. The molecular weight excluding hydrogens is 400 g/mol. The van der Waals surface area contributed by atoms with Crippen molar-refractivity contribution < 1.29 is 17.7 Å². The van der Waals surface area contributed by atoms with Crippen LogP contribution in [0.3, 0.4) is 0 Å². The van der Waals surface area contributed by atoms with Crippen LogP contribution in [-0.2, 0) is 16.6 Å². The molecule has 1 aliphatic heterocycles. The molecular formula is C18H20N4O4S2. The first kappa shape index (κ1) is 19.1. The van der Waals surface area contributed by atoms with Crippen molar-refractivity contribution in [3.05, 3.63) is 47.7 Å². The summed E-state index contributed by atoms with van der Waals surface area (Å²) < 4.78 is 37.6. The minimum Gasteiger partial charge on any atom is -0.497 e. The molecule has 1 fully saturated rings. The Kier molecular flexibility index (Phi) is 5.44. The van der Waals surface area contributed by atoms with Crippen LogP contribution >= 0.6 is 11.3 Å². The van der Waals surface area contributed by atoms with E-state index < -0.39 is 10.0 Å². The second kappa shape index (κ2) is 8.00. The van der Waals surface area contributed by atoms with Gasteiger partial charge < -0.3 is 9.26 Å². The Balaban J connectivity index is 1.36. The van der Waals surface area contributed by atoms with Crippen LogP contribution < -0.4 is 4.74 Å². The molecule has 0 saturated carbocycles. The SMILES string of the molecule is COc1ccc(-c2noc(CN3CCN(S(=O)(=O)c4cccs4)CC3)n2)cc1. The maximum absolute atomic E-state index is 12.6. The highest BCUT2D eigenvalue weighted by atomic mass is 32.2. The molecule has 0 unspecified atom stereocenters. The Hall–Kier alpha value is -2.27. The third-order valence-corrected chi connectivity index (χ3v) is 7.87. The van der Waals surface area contributed by atoms with Crippen molar-refractivity contribution in [2.24, 2.45) is 0 Å². The van der Waals surface area contributed by atoms with Crippen LogP contribution in [0.1, 0.15) is 5.89 Å². The molecule has 0 amide bonds. The Bertz CT molecular complexity index is 1010. The molecule has 28 heavy (non-hydrogen) atoms.